The van der Waals surface area contributed by atoms with Crippen molar-refractivity contribution in [2.75, 3.05) is 39.3 Å². The van der Waals surface area contributed by atoms with Gasteiger partial charge in [0.05, 0.1) is 0 Å². The van der Waals surface area contributed by atoms with Crippen LogP contribution in [-0.4, -0.2) is 55.1 Å². The lowest BCUT2D eigenvalue weighted by molar-refractivity contribution is 0.0951. The van der Waals surface area contributed by atoms with Gasteiger partial charge in [-0.15, -0.1) is 0 Å². The Labute approximate surface area is 148 Å². The number of benzene rings is 1. The number of pyridine rings is 1. The lowest BCUT2D eigenvalue weighted by Crippen LogP contribution is -2.44. The van der Waals surface area contributed by atoms with Gasteiger partial charge in [-0.2, -0.15) is 0 Å². The Morgan fingerprint density at radius 3 is 2.76 bits per heavy atom. The number of ether oxygens (including phenoxy) is 1. The van der Waals surface area contributed by atoms with Crippen LogP contribution in [0, 0.1) is 0 Å². The molecule has 0 radical (unpaired) electrons. The van der Waals surface area contributed by atoms with Crippen molar-refractivity contribution in [2.24, 2.45) is 0 Å². The minimum Gasteiger partial charge on any atom is -0.457 e. The first kappa shape index (κ1) is 17.4. The Bertz CT molecular complexity index is 672. The number of piperazine rings is 1. The maximum atomic E-state index is 12.3. The van der Waals surface area contributed by atoms with Crippen molar-refractivity contribution < 1.29 is 9.53 Å². The molecule has 0 bridgehead atoms. The smallest absolute Gasteiger partial charge is 0.251 e. The number of hydrogen-bond donors (Lipinski definition) is 2. The van der Waals surface area contributed by atoms with Crippen LogP contribution in [0.4, 0.5) is 0 Å². The highest BCUT2D eigenvalue weighted by molar-refractivity contribution is 5.94. The molecule has 2 N–H and O–H groups in total. The Hall–Kier alpha value is -2.44. The van der Waals surface area contributed by atoms with Gasteiger partial charge in [-0.3, -0.25) is 9.78 Å². The van der Waals surface area contributed by atoms with E-state index in [1.165, 1.54) is 0 Å². The van der Waals surface area contributed by atoms with E-state index in [2.05, 4.69) is 20.5 Å². The lowest BCUT2D eigenvalue weighted by atomic mass is 10.2. The summed E-state index contributed by atoms with van der Waals surface area (Å²) in [7, 11) is 0. The molecule has 1 saturated heterocycles. The Balaban J connectivity index is 1.46. The summed E-state index contributed by atoms with van der Waals surface area (Å²) >= 11 is 0. The van der Waals surface area contributed by atoms with Crippen molar-refractivity contribution in [1.29, 1.82) is 0 Å². The van der Waals surface area contributed by atoms with E-state index in [1.54, 1.807) is 36.7 Å². The number of carbonyl (C=O) groups is 1. The maximum absolute atomic E-state index is 12.3. The first-order valence-electron chi connectivity index (χ1n) is 8.70. The zero-order valence-electron chi connectivity index (χ0n) is 14.3. The molecule has 25 heavy (non-hydrogen) atoms. The zero-order valence-corrected chi connectivity index (χ0v) is 14.3. The second kappa shape index (κ2) is 9.15. The molecule has 2 heterocycles. The van der Waals surface area contributed by atoms with Gasteiger partial charge in [0, 0.05) is 50.7 Å². The lowest BCUT2D eigenvalue weighted by Gasteiger charge is -2.27. The summed E-state index contributed by atoms with van der Waals surface area (Å²) < 4.78 is 5.74. The van der Waals surface area contributed by atoms with Gasteiger partial charge < -0.3 is 20.3 Å². The fourth-order valence-electron chi connectivity index (χ4n) is 2.78. The molecule has 0 spiro atoms. The summed E-state index contributed by atoms with van der Waals surface area (Å²) in [5.74, 6) is 1.27. The van der Waals surface area contributed by atoms with E-state index in [0.29, 0.717) is 23.6 Å². The number of rotatable bonds is 7. The van der Waals surface area contributed by atoms with Gasteiger partial charge in [-0.05, 0) is 43.3 Å². The van der Waals surface area contributed by atoms with E-state index in [0.717, 1.165) is 39.1 Å². The van der Waals surface area contributed by atoms with Crippen LogP contribution in [0.25, 0.3) is 0 Å². The number of amides is 1. The normalized spacial score (nSPS) is 14.9. The minimum absolute atomic E-state index is 0.0690. The topological polar surface area (TPSA) is 66.5 Å². The summed E-state index contributed by atoms with van der Waals surface area (Å²) in [6.07, 6.45) is 4.30. The second-order valence-corrected chi connectivity index (χ2v) is 6.01. The van der Waals surface area contributed by atoms with E-state index in [-0.39, 0.29) is 5.91 Å². The number of hydrogen-bond acceptors (Lipinski definition) is 5. The molecule has 0 unspecified atom stereocenters. The van der Waals surface area contributed by atoms with Crippen LogP contribution in [0.1, 0.15) is 16.8 Å². The van der Waals surface area contributed by atoms with E-state index in [9.17, 15) is 4.79 Å². The largest absolute Gasteiger partial charge is 0.457 e. The molecule has 6 heteroatoms. The van der Waals surface area contributed by atoms with Gasteiger partial charge in [0.2, 0.25) is 0 Å². The van der Waals surface area contributed by atoms with E-state index in [4.69, 9.17) is 4.74 Å². The maximum Gasteiger partial charge on any atom is 0.251 e. The predicted octanol–water partition coefficient (Wildman–Crippen LogP) is 1.90. The van der Waals surface area contributed by atoms with Crippen molar-refractivity contribution >= 4 is 5.91 Å². The summed E-state index contributed by atoms with van der Waals surface area (Å²) in [6, 6.07) is 10.8. The number of nitrogens with zero attached hydrogens (tertiary/aromatic N) is 2. The van der Waals surface area contributed by atoms with E-state index >= 15 is 0 Å². The zero-order chi connectivity index (χ0) is 17.3. The van der Waals surface area contributed by atoms with Crippen LogP contribution in [0.2, 0.25) is 0 Å². The van der Waals surface area contributed by atoms with E-state index < -0.39 is 0 Å². The highest BCUT2D eigenvalue weighted by atomic mass is 16.5. The molecule has 6 nitrogen and oxygen atoms in total. The van der Waals surface area contributed by atoms with Gasteiger partial charge in [0.15, 0.2) is 0 Å². The van der Waals surface area contributed by atoms with Crippen molar-refractivity contribution in [1.82, 2.24) is 20.5 Å². The Morgan fingerprint density at radius 1 is 1.16 bits per heavy atom. The van der Waals surface area contributed by atoms with Crippen LogP contribution in [0.5, 0.6) is 11.5 Å². The molecule has 1 fully saturated rings. The summed E-state index contributed by atoms with van der Waals surface area (Å²) in [5.41, 5.74) is 0.605. The molecule has 1 aromatic carbocycles. The van der Waals surface area contributed by atoms with Crippen LogP contribution < -0.4 is 15.4 Å². The van der Waals surface area contributed by atoms with Gasteiger partial charge in [0.25, 0.3) is 5.91 Å². The molecule has 0 atom stereocenters. The van der Waals surface area contributed by atoms with Crippen LogP contribution in [0.15, 0.2) is 48.8 Å². The van der Waals surface area contributed by atoms with Crippen molar-refractivity contribution in [3.05, 3.63) is 54.4 Å². The first-order valence-corrected chi connectivity index (χ1v) is 8.70. The molecule has 132 valence electrons. The van der Waals surface area contributed by atoms with Gasteiger partial charge in [-0.25, -0.2) is 0 Å². The summed E-state index contributed by atoms with van der Waals surface area (Å²) in [4.78, 5) is 18.7. The highest BCUT2D eigenvalue weighted by Gasteiger charge is 2.10. The van der Waals surface area contributed by atoms with Crippen molar-refractivity contribution in [3.63, 3.8) is 0 Å². The first-order chi connectivity index (χ1) is 12.3. The second-order valence-electron chi connectivity index (χ2n) is 6.01. The van der Waals surface area contributed by atoms with Gasteiger partial charge in [-0.1, -0.05) is 6.07 Å². The fourth-order valence-corrected chi connectivity index (χ4v) is 2.78. The molecule has 0 saturated carbocycles. The highest BCUT2D eigenvalue weighted by Crippen LogP contribution is 2.21. The minimum atomic E-state index is -0.0690. The molecule has 3 rings (SSSR count). The number of nitrogens with one attached hydrogen (secondary N) is 2. The Kier molecular flexibility index (Phi) is 6.36. The van der Waals surface area contributed by atoms with Crippen LogP contribution >= 0.6 is 0 Å². The quantitative estimate of drug-likeness (QED) is 0.754. The molecule has 0 aliphatic carbocycles. The molecule has 2 aromatic rings. The third-order valence-electron chi connectivity index (χ3n) is 4.13. The third-order valence-corrected chi connectivity index (χ3v) is 4.13. The number of aromatic nitrogens is 1. The fraction of sp³-hybridized carbons (Fsp3) is 0.368. The standard InChI is InChI=1S/C19H24N4O2/c24-19(22-7-2-12-23-13-10-21-11-14-23)16-3-1-4-18(15-16)25-17-5-8-20-9-6-17/h1,3-6,8-9,15,21H,2,7,10-14H2,(H,22,24). The molecule has 1 amide bonds. The molecule has 1 aromatic heterocycles. The van der Waals surface area contributed by atoms with Gasteiger partial charge in [0.1, 0.15) is 11.5 Å². The molecule has 1 aliphatic heterocycles. The average molecular weight is 340 g/mol. The van der Waals surface area contributed by atoms with Crippen LogP contribution in [-0.2, 0) is 0 Å². The average Bonchev–Trinajstić information content (AvgIpc) is 2.67. The van der Waals surface area contributed by atoms with Crippen LogP contribution in [0.3, 0.4) is 0 Å². The molecule has 1 aliphatic rings. The summed E-state index contributed by atoms with van der Waals surface area (Å²) in [6.45, 7) is 5.98. The van der Waals surface area contributed by atoms with E-state index in [1.807, 2.05) is 12.1 Å². The Morgan fingerprint density at radius 2 is 1.96 bits per heavy atom. The summed E-state index contributed by atoms with van der Waals surface area (Å²) in [5, 5.41) is 6.32. The molecular weight excluding hydrogens is 316 g/mol. The predicted molar refractivity (Wildman–Crippen MR) is 97.0 cm³/mol. The monoisotopic (exact) mass is 340 g/mol. The third kappa shape index (κ3) is 5.55. The van der Waals surface area contributed by atoms with Crippen molar-refractivity contribution in [3.8, 4) is 11.5 Å². The SMILES string of the molecule is O=C(NCCCN1CCNCC1)c1cccc(Oc2ccncc2)c1. The van der Waals surface area contributed by atoms with Gasteiger partial charge >= 0.3 is 0 Å². The number of carbonyl (C=O) groups excluding carboxylic acids is 1. The van der Waals surface area contributed by atoms with Crippen molar-refractivity contribution in [2.45, 2.75) is 6.42 Å². The molecular formula is C19H24N4O2.